The summed E-state index contributed by atoms with van der Waals surface area (Å²) < 4.78 is 67.0. The molecule has 11 heteroatoms. The van der Waals surface area contributed by atoms with Crippen molar-refractivity contribution in [3.63, 3.8) is 0 Å². The lowest BCUT2D eigenvalue weighted by Gasteiger charge is -2.14. The SMILES string of the molecule is CC(=O)Nc1ccc(N(S(=O)(=O)F)S(=O)(=O)F)cc1. The molecule has 0 aliphatic carbocycles. The zero-order valence-electron chi connectivity index (χ0n) is 9.37. The van der Waals surface area contributed by atoms with E-state index in [0.29, 0.717) is 0 Å². The van der Waals surface area contributed by atoms with Gasteiger partial charge >= 0.3 is 20.8 Å². The zero-order valence-corrected chi connectivity index (χ0v) is 11.0. The van der Waals surface area contributed by atoms with Crippen molar-refractivity contribution in [1.29, 1.82) is 0 Å². The third-order valence-corrected chi connectivity index (χ3v) is 4.08. The molecule has 1 aromatic rings. The second-order valence-electron chi connectivity index (χ2n) is 3.31. The molecular formula is C8H8F2N2O5S2. The van der Waals surface area contributed by atoms with Gasteiger partial charge in [-0.05, 0) is 24.3 Å². The minimum atomic E-state index is -5.83. The van der Waals surface area contributed by atoms with Gasteiger partial charge in [-0.3, -0.25) is 4.79 Å². The van der Waals surface area contributed by atoms with E-state index in [1.165, 1.54) is 6.92 Å². The number of halogens is 2. The molecule has 0 aliphatic rings. The summed E-state index contributed by atoms with van der Waals surface area (Å²) in [6.07, 6.45) is 0. The van der Waals surface area contributed by atoms with E-state index in [2.05, 4.69) is 5.32 Å². The van der Waals surface area contributed by atoms with Crippen LogP contribution in [0.25, 0.3) is 0 Å². The summed E-state index contributed by atoms with van der Waals surface area (Å²) in [6.45, 7) is 1.21. The van der Waals surface area contributed by atoms with E-state index in [9.17, 15) is 29.4 Å². The number of hydrogen-bond acceptors (Lipinski definition) is 5. The molecule has 0 spiro atoms. The number of rotatable bonds is 4. The Hall–Kier alpha value is -1.75. The largest absolute Gasteiger partial charge is 0.414 e. The Bertz CT molecular complexity index is 652. The first-order valence-corrected chi connectivity index (χ1v) is 7.27. The highest BCUT2D eigenvalue weighted by molar-refractivity contribution is 8.05. The molecule has 1 aromatic carbocycles. The molecule has 0 aromatic heterocycles. The Labute approximate surface area is 108 Å². The summed E-state index contributed by atoms with van der Waals surface area (Å²) in [7, 11) is -11.7. The van der Waals surface area contributed by atoms with Crippen LogP contribution in [0.2, 0.25) is 0 Å². The summed E-state index contributed by atoms with van der Waals surface area (Å²) in [4.78, 5) is 10.7. The van der Waals surface area contributed by atoms with Crippen molar-refractivity contribution in [3.8, 4) is 0 Å². The molecule has 0 radical (unpaired) electrons. The topological polar surface area (TPSA) is 101 Å². The maximum atomic E-state index is 12.8. The molecule has 19 heavy (non-hydrogen) atoms. The van der Waals surface area contributed by atoms with E-state index in [1.807, 2.05) is 0 Å². The summed E-state index contributed by atoms with van der Waals surface area (Å²) in [6, 6.07) is 3.80. The van der Waals surface area contributed by atoms with Gasteiger partial charge in [0.05, 0.1) is 5.69 Å². The standard InChI is InChI=1S/C8H8F2N2O5S2/c1-6(13)11-7-2-4-8(5-3-7)12(18(9,14)15)19(10,16)17/h2-5H,1H3,(H,11,13). The molecule has 0 atom stereocenters. The van der Waals surface area contributed by atoms with Crippen LogP contribution in [0.5, 0.6) is 0 Å². The van der Waals surface area contributed by atoms with E-state index in [1.54, 1.807) is 0 Å². The van der Waals surface area contributed by atoms with Crippen LogP contribution in [0.3, 0.4) is 0 Å². The zero-order chi connectivity index (χ0) is 14.8. The van der Waals surface area contributed by atoms with Gasteiger partial charge < -0.3 is 5.32 Å². The highest BCUT2D eigenvalue weighted by Crippen LogP contribution is 2.25. The molecule has 0 unspecified atom stereocenters. The summed E-state index contributed by atoms with van der Waals surface area (Å²) in [5.74, 6) is -0.430. The van der Waals surface area contributed by atoms with E-state index in [-0.39, 0.29) is 5.69 Å². The minimum Gasteiger partial charge on any atom is -0.326 e. The molecular weight excluding hydrogens is 306 g/mol. The Balaban J connectivity index is 3.24. The first-order valence-electron chi connectivity index (χ1n) is 4.59. The van der Waals surface area contributed by atoms with Crippen molar-refractivity contribution < 1.29 is 29.4 Å². The molecule has 1 amide bonds. The Morgan fingerprint density at radius 1 is 1.05 bits per heavy atom. The number of benzene rings is 1. The number of nitrogens with one attached hydrogen (secondary N) is 1. The third kappa shape index (κ3) is 4.13. The molecule has 0 aliphatic heterocycles. The van der Waals surface area contributed by atoms with Crippen molar-refractivity contribution in [3.05, 3.63) is 24.3 Å². The summed E-state index contributed by atoms with van der Waals surface area (Å²) in [5, 5.41) is 2.30. The smallest absolute Gasteiger partial charge is 0.326 e. The Kier molecular flexibility index (Phi) is 4.10. The number of carbonyl (C=O) groups is 1. The van der Waals surface area contributed by atoms with Crippen molar-refractivity contribution in [2.24, 2.45) is 0 Å². The van der Waals surface area contributed by atoms with Crippen LogP contribution >= 0.6 is 0 Å². The van der Waals surface area contributed by atoms with Crippen LogP contribution in [0.15, 0.2) is 24.3 Å². The van der Waals surface area contributed by atoms with Crippen molar-refractivity contribution >= 4 is 38.1 Å². The highest BCUT2D eigenvalue weighted by atomic mass is 32.3. The fourth-order valence-electron chi connectivity index (χ4n) is 1.23. The first-order chi connectivity index (χ1) is 8.51. The number of hydrogen-bond donors (Lipinski definition) is 1. The maximum absolute atomic E-state index is 12.8. The predicted molar refractivity (Wildman–Crippen MR) is 63.3 cm³/mol. The molecule has 1 N–H and O–H groups in total. The van der Waals surface area contributed by atoms with Crippen molar-refractivity contribution in [1.82, 2.24) is 0 Å². The highest BCUT2D eigenvalue weighted by Gasteiger charge is 2.34. The molecule has 0 heterocycles. The predicted octanol–water partition coefficient (Wildman–Crippen LogP) is 0.880. The fraction of sp³-hybridized carbons (Fsp3) is 0.125. The van der Waals surface area contributed by atoms with Crippen LogP contribution in [-0.2, 0) is 25.6 Å². The van der Waals surface area contributed by atoms with E-state index in [4.69, 9.17) is 0 Å². The second kappa shape index (κ2) is 5.09. The number of carbonyl (C=O) groups excluding carboxylic acids is 1. The monoisotopic (exact) mass is 314 g/mol. The molecule has 0 fully saturated rings. The first kappa shape index (κ1) is 15.3. The third-order valence-electron chi connectivity index (χ3n) is 1.79. The van der Waals surface area contributed by atoms with E-state index in [0.717, 1.165) is 24.3 Å². The van der Waals surface area contributed by atoms with Gasteiger partial charge in [0.2, 0.25) is 5.91 Å². The average Bonchev–Trinajstić information content (AvgIpc) is 2.15. The van der Waals surface area contributed by atoms with Gasteiger partial charge in [0.25, 0.3) is 0 Å². The number of anilines is 2. The van der Waals surface area contributed by atoms with Crippen LogP contribution in [0, 0.1) is 0 Å². The lowest BCUT2D eigenvalue weighted by molar-refractivity contribution is -0.114. The van der Waals surface area contributed by atoms with Gasteiger partial charge in [-0.25, -0.2) is 0 Å². The summed E-state index contributed by atoms with van der Waals surface area (Å²) in [5.41, 5.74) is -0.567. The molecule has 0 saturated carbocycles. The van der Waals surface area contributed by atoms with Gasteiger partial charge in [-0.1, -0.05) is 7.77 Å². The molecule has 0 bridgehead atoms. The average molecular weight is 314 g/mol. The van der Waals surface area contributed by atoms with Crippen molar-refractivity contribution in [2.75, 3.05) is 9.03 Å². The van der Waals surface area contributed by atoms with Crippen LogP contribution in [0.4, 0.5) is 19.1 Å². The Morgan fingerprint density at radius 3 is 1.79 bits per heavy atom. The minimum absolute atomic E-state index is 0.198. The quantitative estimate of drug-likeness (QED) is 0.831. The van der Waals surface area contributed by atoms with Gasteiger partial charge in [-0.15, -0.1) is 3.71 Å². The van der Waals surface area contributed by atoms with E-state index >= 15 is 0 Å². The van der Waals surface area contributed by atoms with Gasteiger partial charge in [0, 0.05) is 12.6 Å². The number of amides is 1. The second-order valence-corrected chi connectivity index (χ2v) is 5.92. The van der Waals surface area contributed by atoms with E-state index < -0.39 is 36.1 Å². The van der Waals surface area contributed by atoms with Gasteiger partial charge in [-0.2, -0.15) is 16.8 Å². The van der Waals surface area contributed by atoms with Crippen molar-refractivity contribution in [2.45, 2.75) is 6.92 Å². The summed E-state index contributed by atoms with van der Waals surface area (Å²) >= 11 is 0. The maximum Gasteiger partial charge on any atom is 0.414 e. The molecule has 0 saturated heterocycles. The van der Waals surface area contributed by atoms with Crippen LogP contribution in [0.1, 0.15) is 6.92 Å². The molecule has 7 nitrogen and oxygen atoms in total. The van der Waals surface area contributed by atoms with Gasteiger partial charge in [0.15, 0.2) is 0 Å². The van der Waals surface area contributed by atoms with Crippen LogP contribution < -0.4 is 9.03 Å². The molecule has 106 valence electrons. The Morgan fingerprint density at radius 2 is 1.47 bits per heavy atom. The lowest BCUT2D eigenvalue weighted by atomic mass is 10.3. The normalized spacial score (nSPS) is 11.9. The fourth-order valence-corrected chi connectivity index (χ4v) is 2.83. The van der Waals surface area contributed by atoms with Gasteiger partial charge in [0.1, 0.15) is 0 Å². The number of nitrogens with zero attached hydrogens (tertiary/aromatic N) is 1. The lowest BCUT2D eigenvalue weighted by Crippen LogP contribution is -2.31. The van der Waals surface area contributed by atoms with Crippen LogP contribution in [-0.4, -0.2) is 22.7 Å². The molecule has 1 rings (SSSR count).